The van der Waals surface area contributed by atoms with E-state index < -0.39 is 28.3 Å². The third-order valence-electron chi connectivity index (χ3n) is 2.95. The number of amides is 1. The van der Waals surface area contributed by atoms with Crippen LogP contribution in [0, 0.1) is 5.82 Å². The lowest BCUT2D eigenvalue weighted by Gasteiger charge is -2.22. The summed E-state index contributed by atoms with van der Waals surface area (Å²) in [5, 5.41) is 2.97. The molecule has 9 heteroatoms. The van der Waals surface area contributed by atoms with Gasteiger partial charge in [-0.25, -0.2) is 12.8 Å². The summed E-state index contributed by atoms with van der Waals surface area (Å²) < 4.78 is 37.7. The average molecular weight is 391 g/mol. The van der Waals surface area contributed by atoms with Gasteiger partial charge in [0.1, 0.15) is 12.4 Å². The number of hydrogen-bond donors (Lipinski definition) is 1. The topological polar surface area (TPSA) is 66.5 Å². The number of sulfonamides is 1. The summed E-state index contributed by atoms with van der Waals surface area (Å²) in [5.41, 5.74) is 0.517. The van der Waals surface area contributed by atoms with Crippen molar-refractivity contribution in [3.8, 4) is 0 Å². The van der Waals surface area contributed by atoms with Gasteiger partial charge in [0, 0.05) is 15.7 Å². The number of carbonyl (C=O) groups excluding carboxylic acids is 1. The Balaban J connectivity index is 2.23. The predicted octanol–water partition coefficient (Wildman–Crippen LogP) is 3.54. The Labute approximate surface area is 149 Å². The number of carbonyl (C=O) groups is 1. The van der Waals surface area contributed by atoms with Gasteiger partial charge in [-0.1, -0.05) is 23.2 Å². The van der Waals surface area contributed by atoms with Gasteiger partial charge in [0.15, 0.2) is 0 Å². The highest BCUT2D eigenvalue weighted by atomic mass is 35.5. The number of anilines is 2. The average Bonchev–Trinajstić information content (AvgIpc) is 2.45. The third kappa shape index (κ3) is 5.09. The predicted molar refractivity (Wildman–Crippen MR) is 93.7 cm³/mol. The van der Waals surface area contributed by atoms with Crippen molar-refractivity contribution in [2.24, 2.45) is 0 Å². The molecule has 1 amide bonds. The first kappa shape index (κ1) is 18.5. The summed E-state index contributed by atoms with van der Waals surface area (Å²) in [4.78, 5) is 12.1. The second-order valence-corrected chi connectivity index (χ2v) is 7.73. The van der Waals surface area contributed by atoms with Gasteiger partial charge in [0.05, 0.1) is 11.9 Å². The van der Waals surface area contributed by atoms with Crippen LogP contribution in [0.3, 0.4) is 0 Å². The van der Waals surface area contributed by atoms with Gasteiger partial charge in [-0.3, -0.25) is 9.10 Å². The number of rotatable bonds is 5. The number of halogens is 3. The molecular weight excluding hydrogens is 378 g/mol. The molecule has 0 radical (unpaired) electrons. The van der Waals surface area contributed by atoms with Crippen LogP contribution >= 0.6 is 23.2 Å². The Bertz CT molecular complexity index is 837. The fourth-order valence-corrected chi connectivity index (χ4v) is 3.30. The molecular formula is C15H13Cl2FN2O3S. The summed E-state index contributed by atoms with van der Waals surface area (Å²) in [6.45, 7) is -0.479. The molecule has 0 bridgehead atoms. The Morgan fingerprint density at radius 2 is 1.67 bits per heavy atom. The van der Waals surface area contributed by atoms with E-state index in [-0.39, 0.29) is 15.7 Å². The van der Waals surface area contributed by atoms with E-state index >= 15 is 0 Å². The monoisotopic (exact) mass is 390 g/mol. The number of nitrogens with zero attached hydrogens (tertiary/aromatic N) is 1. The molecule has 0 aromatic heterocycles. The molecule has 2 aromatic rings. The lowest BCUT2D eigenvalue weighted by molar-refractivity contribution is -0.114. The Hall–Kier alpha value is -1.83. The molecule has 0 saturated carbocycles. The van der Waals surface area contributed by atoms with E-state index in [1.165, 1.54) is 42.5 Å². The summed E-state index contributed by atoms with van der Waals surface area (Å²) in [6.07, 6.45) is 0.965. The fourth-order valence-electron chi connectivity index (χ4n) is 1.95. The zero-order valence-corrected chi connectivity index (χ0v) is 14.8. The molecule has 5 nitrogen and oxygen atoms in total. The Morgan fingerprint density at radius 1 is 1.12 bits per heavy atom. The number of nitrogens with one attached hydrogen (secondary N) is 1. The second-order valence-electron chi connectivity index (χ2n) is 4.95. The standard InChI is InChI=1S/C15H13Cl2FN2O3S/c1-24(22,23)20(14-7-10(16)6-11(17)8-14)9-15(21)19-13-4-2-12(18)3-5-13/h2-8H,9H2,1H3,(H,19,21). The van der Waals surface area contributed by atoms with E-state index in [4.69, 9.17) is 23.2 Å². The van der Waals surface area contributed by atoms with Gasteiger partial charge >= 0.3 is 0 Å². The van der Waals surface area contributed by atoms with E-state index in [1.807, 2.05) is 0 Å². The van der Waals surface area contributed by atoms with E-state index in [9.17, 15) is 17.6 Å². The fraction of sp³-hybridized carbons (Fsp3) is 0.133. The maximum atomic E-state index is 12.9. The number of benzene rings is 2. The van der Waals surface area contributed by atoms with Gasteiger partial charge in [0.25, 0.3) is 0 Å². The summed E-state index contributed by atoms with van der Waals surface area (Å²) >= 11 is 11.8. The van der Waals surface area contributed by atoms with Crippen LogP contribution in [0.4, 0.5) is 15.8 Å². The van der Waals surface area contributed by atoms with Crippen LogP contribution in [0.1, 0.15) is 0 Å². The Kier molecular flexibility index (Phi) is 5.69. The lowest BCUT2D eigenvalue weighted by atomic mass is 10.3. The van der Waals surface area contributed by atoms with Crippen molar-refractivity contribution < 1.29 is 17.6 Å². The van der Waals surface area contributed by atoms with Crippen LogP contribution in [0.25, 0.3) is 0 Å². The van der Waals surface area contributed by atoms with Crippen LogP contribution in [0.5, 0.6) is 0 Å². The third-order valence-corrected chi connectivity index (χ3v) is 4.53. The van der Waals surface area contributed by atoms with Crippen molar-refractivity contribution in [3.05, 3.63) is 58.3 Å². The largest absolute Gasteiger partial charge is 0.325 e. The zero-order chi connectivity index (χ0) is 17.9. The summed E-state index contributed by atoms with van der Waals surface area (Å²) in [5.74, 6) is -1.04. The highest BCUT2D eigenvalue weighted by molar-refractivity contribution is 7.92. The quantitative estimate of drug-likeness (QED) is 0.848. The maximum absolute atomic E-state index is 12.9. The molecule has 0 heterocycles. The molecule has 24 heavy (non-hydrogen) atoms. The minimum Gasteiger partial charge on any atom is -0.325 e. The molecule has 0 aliphatic heterocycles. The van der Waals surface area contributed by atoms with Crippen molar-refractivity contribution in [1.82, 2.24) is 0 Å². The van der Waals surface area contributed by atoms with E-state index in [1.54, 1.807) is 0 Å². The molecule has 1 N–H and O–H groups in total. The lowest BCUT2D eigenvalue weighted by Crippen LogP contribution is -2.37. The van der Waals surface area contributed by atoms with Crippen molar-refractivity contribution in [3.63, 3.8) is 0 Å². The molecule has 0 saturated heterocycles. The first-order valence-electron chi connectivity index (χ1n) is 6.64. The maximum Gasteiger partial charge on any atom is 0.245 e. The van der Waals surface area contributed by atoms with Gasteiger partial charge in [-0.05, 0) is 42.5 Å². The first-order chi connectivity index (χ1) is 11.1. The van der Waals surface area contributed by atoms with Gasteiger partial charge in [-0.2, -0.15) is 0 Å². The molecule has 0 spiro atoms. The molecule has 0 atom stereocenters. The first-order valence-corrected chi connectivity index (χ1v) is 9.25. The normalized spacial score (nSPS) is 11.2. The van der Waals surface area contributed by atoms with Crippen LogP contribution < -0.4 is 9.62 Å². The van der Waals surface area contributed by atoms with Crippen LogP contribution in [0.2, 0.25) is 10.0 Å². The minimum absolute atomic E-state index is 0.171. The van der Waals surface area contributed by atoms with Crippen LogP contribution in [-0.2, 0) is 14.8 Å². The molecule has 0 fully saturated rings. The Morgan fingerprint density at radius 3 is 2.17 bits per heavy atom. The SMILES string of the molecule is CS(=O)(=O)N(CC(=O)Nc1ccc(F)cc1)c1cc(Cl)cc(Cl)c1. The summed E-state index contributed by atoms with van der Waals surface area (Å²) in [6, 6.07) is 9.33. The van der Waals surface area contributed by atoms with Gasteiger partial charge in [-0.15, -0.1) is 0 Å². The number of hydrogen-bond acceptors (Lipinski definition) is 3. The molecule has 0 aliphatic rings. The van der Waals surface area contributed by atoms with Crippen molar-refractivity contribution in [2.75, 3.05) is 22.4 Å². The second kappa shape index (κ2) is 7.38. The zero-order valence-electron chi connectivity index (χ0n) is 12.5. The molecule has 2 aromatic carbocycles. The van der Waals surface area contributed by atoms with Crippen molar-refractivity contribution in [1.29, 1.82) is 0 Å². The van der Waals surface area contributed by atoms with Crippen LogP contribution in [-0.4, -0.2) is 27.1 Å². The van der Waals surface area contributed by atoms with Crippen molar-refractivity contribution in [2.45, 2.75) is 0 Å². The molecule has 0 aliphatic carbocycles. The van der Waals surface area contributed by atoms with E-state index in [0.717, 1.165) is 10.6 Å². The molecule has 128 valence electrons. The van der Waals surface area contributed by atoms with Crippen molar-refractivity contribution >= 4 is 50.5 Å². The highest BCUT2D eigenvalue weighted by Gasteiger charge is 2.21. The van der Waals surface area contributed by atoms with Gasteiger partial charge < -0.3 is 5.32 Å². The molecule has 2 rings (SSSR count). The summed E-state index contributed by atoms with van der Waals surface area (Å²) in [7, 11) is -3.75. The smallest absolute Gasteiger partial charge is 0.245 e. The highest BCUT2D eigenvalue weighted by Crippen LogP contribution is 2.27. The van der Waals surface area contributed by atoms with Gasteiger partial charge in [0.2, 0.25) is 15.9 Å². The molecule has 0 unspecified atom stereocenters. The van der Waals surface area contributed by atoms with Crippen LogP contribution in [0.15, 0.2) is 42.5 Å². The van der Waals surface area contributed by atoms with E-state index in [2.05, 4.69) is 5.32 Å². The van der Waals surface area contributed by atoms with E-state index in [0.29, 0.717) is 5.69 Å². The minimum atomic E-state index is -3.75.